The summed E-state index contributed by atoms with van der Waals surface area (Å²) in [6.45, 7) is 6.48. The molecule has 2 heterocycles. The van der Waals surface area contributed by atoms with E-state index in [0.717, 1.165) is 6.08 Å². The van der Waals surface area contributed by atoms with Gasteiger partial charge in [0.15, 0.2) is 12.0 Å². The predicted molar refractivity (Wildman–Crippen MR) is 114 cm³/mol. The monoisotopic (exact) mass is 433 g/mol. The number of nitrogens with one attached hydrogen (secondary N) is 1. The Labute approximate surface area is 180 Å². The fourth-order valence-corrected chi connectivity index (χ4v) is 3.64. The predicted octanol–water partition coefficient (Wildman–Crippen LogP) is 3.77. The molecule has 2 N–H and O–H groups in total. The lowest BCUT2D eigenvalue weighted by Crippen LogP contribution is -2.37. The highest BCUT2D eigenvalue weighted by atomic mass is 19.1. The van der Waals surface area contributed by atoms with E-state index in [1.165, 1.54) is 6.07 Å². The van der Waals surface area contributed by atoms with Gasteiger partial charge in [-0.2, -0.15) is 0 Å². The van der Waals surface area contributed by atoms with Crippen molar-refractivity contribution in [3.63, 3.8) is 0 Å². The second kappa shape index (κ2) is 8.80. The number of Topliss-reactive ketones (excluding diaryl/α,β-unsaturated/α-hetero) is 1. The Morgan fingerprint density at radius 3 is 2.61 bits per heavy atom. The minimum absolute atomic E-state index is 0.000282. The maximum absolute atomic E-state index is 14.8. The van der Waals surface area contributed by atoms with E-state index >= 15 is 0 Å². The number of hydrogen-bond donors (Lipinski definition) is 2. The van der Waals surface area contributed by atoms with E-state index in [9.17, 15) is 19.1 Å². The van der Waals surface area contributed by atoms with Gasteiger partial charge >= 0.3 is 5.97 Å². The molecular formula is C23H28FNO6. The summed E-state index contributed by atoms with van der Waals surface area (Å²) >= 11 is 0. The zero-order chi connectivity index (χ0) is 22.9. The number of hydrogen-bond acceptors (Lipinski definition) is 7. The molecule has 0 aliphatic carbocycles. The molecule has 0 saturated carbocycles. The van der Waals surface area contributed by atoms with Gasteiger partial charge in [-0.25, -0.2) is 9.18 Å². The van der Waals surface area contributed by atoms with Crippen LogP contribution in [0.5, 0.6) is 5.75 Å². The Morgan fingerprint density at radius 1 is 1.23 bits per heavy atom. The summed E-state index contributed by atoms with van der Waals surface area (Å²) in [5.41, 5.74) is 1.41. The topological polar surface area (TPSA) is 94.1 Å². The number of rotatable bonds is 1. The molecule has 1 saturated heterocycles. The molecule has 0 aromatic heterocycles. The van der Waals surface area contributed by atoms with Gasteiger partial charge in [-0.1, -0.05) is 12.2 Å². The molecule has 31 heavy (non-hydrogen) atoms. The van der Waals surface area contributed by atoms with Gasteiger partial charge in [-0.05, 0) is 57.4 Å². The van der Waals surface area contributed by atoms with Gasteiger partial charge in [0, 0.05) is 18.8 Å². The van der Waals surface area contributed by atoms with Crippen LogP contribution in [-0.2, 0) is 19.0 Å². The van der Waals surface area contributed by atoms with Crippen LogP contribution in [0.15, 0.2) is 29.9 Å². The van der Waals surface area contributed by atoms with Crippen LogP contribution in [0.2, 0.25) is 0 Å². The van der Waals surface area contributed by atoms with Crippen LogP contribution in [0, 0.1) is 0 Å². The number of anilines is 1. The molecular weight excluding hydrogens is 405 g/mol. The SMILES string of the molecule is CNc1cc(O)c2c(c1)C=CC[C@@H]1OC(C)(C)O[C@@H]1C(=O)C(F)C=C(C)[C@H](C)OC2=O. The van der Waals surface area contributed by atoms with Crippen LogP contribution in [-0.4, -0.2) is 54.2 Å². The molecule has 1 aromatic carbocycles. The summed E-state index contributed by atoms with van der Waals surface area (Å²) < 4.78 is 31.7. The fourth-order valence-electron chi connectivity index (χ4n) is 3.64. The Hall–Kier alpha value is -2.71. The number of aromatic hydroxyl groups is 1. The average molecular weight is 433 g/mol. The maximum Gasteiger partial charge on any atom is 0.343 e. The minimum atomic E-state index is -1.93. The molecule has 3 rings (SSSR count). The zero-order valence-electron chi connectivity index (χ0n) is 18.3. The Balaban J connectivity index is 2.08. The van der Waals surface area contributed by atoms with Crippen molar-refractivity contribution < 1.29 is 33.3 Å². The summed E-state index contributed by atoms with van der Waals surface area (Å²) in [6.07, 6.45) is 0.192. The van der Waals surface area contributed by atoms with Crippen LogP contribution >= 0.6 is 0 Å². The van der Waals surface area contributed by atoms with Gasteiger partial charge in [0.25, 0.3) is 0 Å². The average Bonchev–Trinajstić information content (AvgIpc) is 3.00. The number of phenols is 1. The Morgan fingerprint density at radius 2 is 1.94 bits per heavy atom. The number of carbonyl (C=O) groups excluding carboxylic acids is 2. The maximum atomic E-state index is 14.8. The van der Waals surface area contributed by atoms with Crippen LogP contribution in [0.25, 0.3) is 6.08 Å². The van der Waals surface area contributed by atoms with Crippen molar-refractivity contribution in [2.45, 2.75) is 64.4 Å². The number of cyclic esters (lactones) is 1. The van der Waals surface area contributed by atoms with Crippen LogP contribution in [0.1, 0.15) is 50.0 Å². The van der Waals surface area contributed by atoms with Gasteiger partial charge < -0.3 is 24.6 Å². The molecule has 1 unspecified atom stereocenters. The van der Waals surface area contributed by atoms with E-state index in [2.05, 4.69) is 5.32 Å². The Kier molecular flexibility index (Phi) is 6.52. The second-order valence-electron chi connectivity index (χ2n) is 8.20. The van der Waals surface area contributed by atoms with Crippen LogP contribution in [0.3, 0.4) is 0 Å². The zero-order valence-corrected chi connectivity index (χ0v) is 18.3. The number of carbonyl (C=O) groups is 2. The minimum Gasteiger partial charge on any atom is -0.507 e. The lowest BCUT2D eigenvalue weighted by molar-refractivity contribution is -0.156. The van der Waals surface area contributed by atoms with E-state index in [-0.39, 0.29) is 17.7 Å². The summed E-state index contributed by atoms with van der Waals surface area (Å²) in [5.74, 6) is -2.77. The van der Waals surface area contributed by atoms with E-state index in [0.29, 0.717) is 16.8 Å². The van der Waals surface area contributed by atoms with Crippen molar-refractivity contribution >= 4 is 23.5 Å². The molecule has 0 radical (unpaired) electrons. The summed E-state index contributed by atoms with van der Waals surface area (Å²) in [5, 5.41) is 13.4. The van der Waals surface area contributed by atoms with Crippen LogP contribution in [0.4, 0.5) is 10.1 Å². The second-order valence-corrected chi connectivity index (χ2v) is 8.20. The van der Waals surface area contributed by atoms with Crippen molar-refractivity contribution in [3.8, 4) is 5.75 Å². The molecule has 8 heteroatoms. The fraction of sp³-hybridized carbons (Fsp3) is 0.478. The van der Waals surface area contributed by atoms with E-state index in [1.807, 2.05) is 0 Å². The van der Waals surface area contributed by atoms with Crippen molar-refractivity contribution in [2.75, 3.05) is 12.4 Å². The van der Waals surface area contributed by atoms with Crippen molar-refractivity contribution in [2.24, 2.45) is 0 Å². The lowest BCUT2D eigenvalue weighted by Gasteiger charge is -2.19. The van der Waals surface area contributed by atoms with Crippen molar-refractivity contribution in [1.29, 1.82) is 0 Å². The summed E-state index contributed by atoms with van der Waals surface area (Å²) in [4.78, 5) is 25.5. The number of esters is 1. The molecule has 1 fully saturated rings. The van der Waals surface area contributed by atoms with Crippen molar-refractivity contribution in [3.05, 3.63) is 41.0 Å². The Bertz CT molecular complexity index is 938. The number of allylic oxidation sites excluding steroid dienone is 1. The first-order valence-corrected chi connectivity index (χ1v) is 10.2. The molecule has 168 valence electrons. The summed E-state index contributed by atoms with van der Waals surface area (Å²) in [6, 6.07) is 3.12. The molecule has 2 aliphatic heterocycles. The third-order valence-electron chi connectivity index (χ3n) is 5.38. The standard InChI is InChI=1S/C23H28FNO6/c1-12-9-16(24)20(27)21-18(30-23(3,4)31-21)8-6-7-14-10-15(25-5)11-17(26)19(14)22(28)29-13(12)2/h6-7,9-11,13,16,18,21,25-26H,8H2,1-5H3/t13-,16?,18-,21-/m0/s1. The first kappa shape index (κ1) is 23.0. The third kappa shape index (κ3) is 4.97. The molecule has 2 aliphatic rings. The molecule has 0 spiro atoms. The largest absolute Gasteiger partial charge is 0.507 e. The van der Waals surface area contributed by atoms with E-state index in [1.54, 1.807) is 53.0 Å². The van der Waals surface area contributed by atoms with Crippen molar-refractivity contribution in [1.82, 2.24) is 0 Å². The molecule has 0 bridgehead atoms. The smallest absolute Gasteiger partial charge is 0.343 e. The number of fused-ring (bicyclic) bond motifs is 2. The highest BCUT2D eigenvalue weighted by Crippen LogP contribution is 2.33. The van der Waals surface area contributed by atoms with Crippen LogP contribution < -0.4 is 5.32 Å². The molecule has 1 aromatic rings. The quantitative estimate of drug-likeness (QED) is 0.514. The number of ketones is 1. The van der Waals surface area contributed by atoms with Gasteiger partial charge in [0.05, 0.1) is 6.10 Å². The molecule has 4 atom stereocenters. The van der Waals surface area contributed by atoms with Gasteiger partial charge in [-0.3, -0.25) is 4.79 Å². The first-order chi connectivity index (χ1) is 14.5. The van der Waals surface area contributed by atoms with Gasteiger partial charge in [-0.15, -0.1) is 0 Å². The normalized spacial score (nSPS) is 28.8. The lowest BCUT2D eigenvalue weighted by atomic mass is 9.99. The molecule has 7 nitrogen and oxygen atoms in total. The van der Waals surface area contributed by atoms with Gasteiger partial charge in [0.2, 0.25) is 5.78 Å². The molecule has 0 amide bonds. The summed E-state index contributed by atoms with van der Waals surface area (Å²) in [7, 11) is 1.69. The number of phenolic OH excluding ortho intramolecular Hbond substituents is 1. The highest BCUT2D eigenvalue weighted by Gasteiger charge is 2.46. The third-order valence-corrected chi connectivity index (χ3v) is 5.38. The number of halogens is 1. The van der Waals surface area contributed by atoms with E-state index in [4.69, 9.17) is 14.2 Å². The number of alkyl halides is 1. The number of benzene rings is 1. The van der Waals surface area contributed by atoms with Gasteiger partial charge in [0.1, 0.15) is 23.5 Å². The first-order valence-electron chi connectivity index (χ1n) is 10.2. The van der Waals surface area contributed by atoms with E-state index < -0.39 is 42.0 Å². The number of ether oxygens (including phenoxy) is 3. The highest BCUT2D eigenvalue weighted by molar-refractivity contribution is 5.97.